The van der Waals surface area contributed by atoms with Crippen molar-refractivity contribution in [2.45, 2.75) is 38.5 Å². The molecule has 2 aromatic carbocycles. The van der Waals surface area contributed by atoms with Crippen LogP contribution in [0.15, 0.2) is 67.0 Å². The third-order valence-electron chi connectivity index (χ3n) is 6.67. The Bertz CT molecular complexity index is 1230. The van der Waals surface area contributed by atoms with Crippen LogP contribution in [0.4, 0.5) is 5.69 Å². The molecule has 3 heterocycles. The van der Waals surface area contributed by atoms with E-state index in [-0.39, 0.29) is 17.9 Å². The number of amides is 2. The van der Waals surface area contributed by atoms with E-state index < -0.39 is 0 Å². The van der Waals surface area contributed by atoms with Crippen LogP contribution in [-0.2, 0) is 22.6 Å². The molecule has 8 nitrogen and oxygen atoms in total. The molecule has 37 heavy (non-hydrogen) atoms. The molecule has 5 rings (SSSR count). The lowest BCUT2D eigenvalue weighted by Crippen LogP contribution is -2.30. The molecule has 0 spiro atoms. The zero-order valence-corrected chi connectivity index (χ0v) is 21.0. The molecule has 1 aromatic heterocycles. The van der Waals surface area contributed by atoms with Gasteiger partial charge in [-0.15, -0.1) is 0 Å². The third kappa shape index (κ3) is 5.91. The van der Waals surface area contributed by atoms with Crippen LogP contribution in [0.1, 0.15) is 40.7 Å². The lowest BCUT2D eigenvalue weighted by molar-refractivity contribution is -0.117. The summed E-state index contributed by atoms with van der Waals surface area (Å²) in [4.78, 5) is 33.5. The van der Waals surface area contributed by atoms with Gasteiger partial charge < -0.3 is 24.0 Å². The molecule has 0 N–H and O–H groups in total. The highest BCUT2D eigenvalue weighted by Gasteiger charge is 2.23. The van der Waals surface area contributed by atoms with Crippen molar-refractivity contribution in [3.05, 3.63) is 83.7 Å². The second-order valence-electron chi connectivity index (χ2n) is 9.31. The Morgan fingerprint density at radius 3 is 2.62 bits per heavy atom. The van der Waals surface area contributed by atoms with Gasteiger partial charge >= 0.3 is 0 Å². The second kappa shape index (κ2) is 11.4. The van der Waals surface area contributed by atoms with Gasteiger partial charge in [0.2, 0.25) is 5.91 Å². The highest BCUT2D eigenvalue weighted by molar-refractivity contribution is 5.97. The van der Waals surface area contributed by atoms with Crippen LogP contribution in [0.2, 0.25) is 0 Å². The minimum absolute atomic E-state index is 0.0160. The van der Waals surface area contributed by atoms with Crippen molar-refractivity contribution >= 4 is 17.5 Å². The van der Waals surface area contributed by atoms with Crippen molar-refractivity contribution in [1.29, 1.82) is 0 Å². The lowest BCUT2D eigenvalue weighted by Gasteiger charge is -2.24. The fraction of sp³-hybridized carbons (Fsp3) is 0.345. The predicted molar refractivity (Wildman–Crippen MR) is 139 cm³/mol. The van der Waals surface area contributed by atoms with Crippen molar-refractivity contribution in [3.63, 3.8) is 0 Å². The Morgan fingerprint density at radius 1 is 1.11 bits per heavy atom. The molecule has 0 unspecified atom stereocenters. The van der Waals surface area contributed by atoms with E-state index in [1.54, 1.807) is 41.4 Å². The number of carbonyl (C=O) groups excluding carboxylic acids is 2. The van der Waals surface area contributed by atoms with Gasteiger partial charge in [0.05, 0.1) is 20.3 Å². The van der Waals surface area contributed by atoms with E-state index in [2.05, 4.69) is 4.98 Å². The fourth-order valence-corrected chi connectivity index (χ4v) is 4.71. The average molecular weight is 502 g/mol. The summed E-state index contributed by atoms with van der Waals surface area (Å²) >= 11 is 0. The van der Waals surface area contributed by atoms with Gasteiger partial charge in [-0.1, -0.05) is 12.1 Å². The van der Waals surface area contributed by atoms with Gasteiger partial charge in [0, 0.05) is 56.1 Å². The third-order valence-corrected chi connectivity index (χ3v) is 6.67. The molecule has 2 aliphatic rings. The maximum atomic E-state index is 13.7. The number of aromatic nitrogens is 1. The molecule has 3 aromatic rings. The fourth-order valence-electron chi connectivity index (χ4n) is 4.71. The molecular formula is C29H31N3O5. The number of rotatable bonds is 9. The molecule has 192 valence electrons. The SMILES string of the molecule is COc1cc(CN(Cc2cccnc2)C(=O)c2ccc(N3CCCC3=O)cc2)ccc1O[C@H]1CCOC1. The zero-order valence-electron chi connectivity index (χ0n) is 21.0. The molecule has 0 radical (unpaired) electrons. The number of ether oxygens (including phenoxy) is 3. The number of benzene rings is 2. The maximum absolute atomic E-state index is 13.7. The van der Waals surface area contributed by atoms with Crippen LogP contribution < -0.4 is 14.4 Å². The van der Waals surface area contributed by atoms with Gasteiger partial charge in [-0.3, -0.25) is 14.6 Å². The summed E-state index contributed by atoms with van der Waals surface area (Å²) in [5.41, 5.74) is 3.24. The summed E-state index contributed by atoms with van der Waals surface area (Å²) in [6, 6.07) is 16.9. The van der Waals surface area contributed by atoms with Crippen molar-refractivity contribution in [3.8, 4) is 11.5 Å². The van der Waals surface area contributed by atoms with Crippen molar-refractivity contribution in [2.75, 3.05) is 31.8 Å². The minimum atomic E-state index is -0.106. The summed E-state index contributed by atoms with van der Waals surface area (Å²) in [5, 5.41) is 0. The van der Waals surface area contributed by atoms with Crippen molar-refractivity contribution < 1.29 is 23.8 Å². The first kappa shape index (κ1) is 24.8. The van der Waals surface area contributed by atoms with E-state index >= 15 is 0 Å². The summed E-state index contributed by atoms with van der Waals surface area (Å²) in [7, 11) is 1.61. The lowest BCUT2D eigenvalue weighted by atomic mass is 10.1. The normalized spacial score (nSPS) is 17.2. The predicted octanol–water partition coefficient (Wildman–Crippen LogP) is 4.23. The summed E-state index contributed by atoms with van der Waals surface area (Å²) in [5.74, 6) is 1.31. The Kier molecular flexibility index (Phi) is 7.65. The highest BCUT2D eigenvalue weighted by atomic mass is 16.6. The van der Waals surface area contributed by atoms with E-state index in [0.717, 1.165) is 29.7 Å². The van der Waals surface area contributed by atoms with Gasteiger partial charge in [-0.2, -0.15) is 0 Å². The molecule has 8 heteroatoms. The molecule has 0 saturated carbocycles. The maximum Gasteiger partial charge on any atom is 0.254 e. The van der Waals surface area contributed by atoms with Gasteiger partial charge in [0.25, 0.3) is 5.91 Å². The van der Waals surface area contributed by atoms with E-state index in [9.17, 15) is 9.59 Å². The molecule has 2 aliphatic heterocycles. The molecule has 2 amide bonds. The molecular weight excluding hydrogens is 470 g/mol. The molecule has 1 atom stereocenters. The number of carbonyl (C=O) groups is 2. The van der Waals surface area contributed by atoms with Crippen LogP contribution in [-0.4, -0.2) is 54.7 Å². The van der Waals surface area contributed by atoms with Crippen LogP contribution >= 0.6 is 0 Å². The van der Waals surface area contributed by atoms with Crippen LogP contribution in [0, 0.1) is 0 Å². The molecule has 2 fully saturated rings. The Balaban J connectivity index is 1.36. The van der Waals surface area contributed by atoms with Crippen LogP contribution in [0.25, 0.3) is 0 Å². The number of hydrogen-bond donors (Lipinski definition) is 0. The first-order chi connectivity index (χ1) is 18.1. The number of anilines is 1. The summed E-state index contributed by atoms with van der Waals surface area (Å²) in [6.45, 7) is 2.77. The molecule has 2 saturated heterocycles. The van der Waals surface area contributed by atoms with Gasteiger partial charge in [0.15, 0.2) is 11.5 Å². The Morgan fingerprint density at radius 2 is 1.95 bits per heavy atom. The van der Waals surface area contributed by atoms with Crippen molar-refractivity contribution in [2.24, 2.45) is 0 Å². The number of nitrogens with zero attached hydrogens (tertiary/aromatic N) is 3. The Labute approximate surface area is 216 Å². The highest BCUT2D eigenvalue weighted by Crippen LogP contribution is 2.31. The standard InChI is InChI=1S/C29H31N3O5/c1-35-27-16-21(6-11-26(27)37-25-12-15-36-20-25)18-31(19-22-4-2-13-30-17-22)29(34)23-7-9-24(10-8-23)32-14-3-5-28(32)33/h2,4,6-11,13,16-17,25H,3,5,12,14-15,18-20H2,1H3/t25-/m0/s1. The van der Waals surface area contributed by atoms with E-state index in [1.807, 2.05) is 42.5 Å². The monoisotopic (exact) mass is 501 g/mol. The smallest absolute Gasteiger partial charge is 0.254 e. The molecule has 0 aliphatic carbocycles. The number of hydrogen-bond acceptors (Lipinski definition) is 6. The van der Waals surface area contributed by atoms with Gasteiger partial charge in [-0.05, 0) is 60.0 Å². The largest absolute Gasteiger partial charge is 0.493 e. The van der Waals surface area contributed by atoms with Gasteiger partial charge in [-0.25, -0.2) is 0 Å². The minimum Gasteiger partial charge on any atom is -0.493 e. The summed E-state index contributed by atoms with van der Waals surface area (Å²) in [6.07, 6.45) is 5.78. The first-order valence-corrected chi connectivity index (χ1v) is 12.6. The average Bonchev–Trinajstić information content (AvgIpc) is 3.61. The van der Waals surface area contributed by atoms with Gasteiger partial charge in [0.1, 0.15) is 6.10 Å². The van der Waals surface area contributed by atoms with Crippen LogP contribution in [0.3, 0.4) is 0 Å². The first-order valence-electron chi connectivity index (χ1n) is 12.6. The summed E-state index contributed by atoms with van der Waals surface area (Å²) < 4.78 is 17.1. The topological polar surface area (TPSA) is 81.2 Å². The number of methoxy groups -OCH3 is 1. The molecule has 0 bridgehead atoms. The van der Waals surface area contributed by atoms with E-state index in [0.29, 0.717) is 56.3 Å². The Hall–Kier alpha value is -3.91. The van der Waals surface area contributed by atoms with E-state index in [4.69, 9.17) is 14.2 Å². The van der Waals surface area contributed by atoms with Crippen LogP contribution in [0.5, 0.6) is 11.5 Å². The zero-order chi connectivity index (χ0) is 25.6. The quantitative estimate of drug-likeness (QED) is 0.437. The number of pyridine rings is 1. The van der Waals surface area contributed by atoms with Crippen molar-refractivity contribution in [1.82, 2.24) is 9.88 Å². The van der Waals surface area contributed by atoms with E-state index in [1.165, 1.54) is 0 Å². The second-order valence-corrected chi connectivity index (χ2v) is 9.31.